The van der Waals surface area contributed by atoms with Crippen LogP contribution >= 0.6 is 0 Å². The fourth-order valence-corrected chi connectivity index (χ4v) is 3.14. The molecule has 1 aliphatic carbocycles. The third-order valence-corrected chi connectivity index (χ3v) is 4.18. The predicted octanol–water partition coefficient (Wildman–Crippen LogP) is 0.936. The van der Waals surface area contributed by atoms with E-state index in [4.69, 9.17) is 5.11 Å². The fourth-order valence-electron chi connectivity index (χ4n) is 3.14. The van der Waals surface area contributed by atoms with Crippen LogP contribution in [0.15, 0.2) is 0 Å². The maximum absolute atomic E-state index is 11.8. The Kier molecular flexibility index (Phi) is 4.22. The van der Waals surface area contributed by atoms with E-state index >= 15 is 0 Å². The lowest BCUT2D eigenvalue weighted by atomic mass is 10.0. The van der Waals surface area contributed by atoms with Crippen molar-refractivity contribution in [2.24, 2.45) is 0 Å². The first-order chi connectivity index (χ1) is 8.58. The molecule has 102 valence electrons. The van der Waals surface area contributed by atoms with E-state index in [0.29, 0.717) is 25.6 Å². The lowest BCUT2D eigenvalue weighted by Crippen LogP contribution is -2.57. The van der Waals surface area contributed by atoms with Crippen molar-refractivity contribution in [3.63, 3.8) is 0 Å². The summed E-state index contributed by atoms with van der Waals surface area (Å²) < 4.78 is 0. The van der Waals surface area contributed by atoms with Crippen LogP contribution in [0.1, 0.15) is 38.5 Å². The number of carbonyl (C=O) groups is 2. The standard InChI is InChI=1S/C13H22N2O3/c1-14-8-11(6-7-13(17)18)15(9-12(14)16)10-4-2-3-5-10/h10-11H,2-9H2,1H3,(H,17,18). The van der Waals surface area contributed by atoms with Crippen molar-refractivity contribution in [2.75, 3.05) is 20.1 Å². The minimum atomic E-state index is -0.749. The fraction of sp³-hybridized carbons (Fsp3) is 0.846. The van der Waals surface area contributed by atoms with Gasteiger partial charge in [0.25, 0.3) is 0 Å². The topological polar surface area (TPSA) is 60.9 Å². The monoisotopic (exact) mass is 254 g/mol. The van der Waals surface area contributed by atoms with Gasteiger partial charge in [0, 0.05) is 32.1 Å². The molecule has 1 aliphatic heterocycles. The van der Waals surface area contributed by atoms with E-state index in [2.05, 4.69) is 4.90 Å². The van der Waals surface area contributed by atoms with Gasteiger partial charge in [-0.2, -0.15) is 0 Å². The van der Waals surface area contributed by atoms with Gasteiger partial charge in [0.1, 0.15) is 0 Å². The molecule has 1 unspecified atom stereocenters. The van der Waals surface area contributed by atoms with Crippen LogP contribution in [0, 0.1) is 0 Å². The molecule has 0 aromatic carbocycles. The van der Waals surface area contributed by atoms with E-state index in [-0.39, 0.29) is 18.4 Å². The number of carbonyl (C=O) groups excluding carboxylic acids is 1. The van der Waals surface area contributed by atoms with Gasteiger partial charge in [0.15, 0.2) is 0 Å². The quantitative estimate of drug-likeness (QED) is 0.811. The molecule has 2 rings (SSSR count). The normalized spacial score (nSPS) is 26.8. The van der Waals surface area contributed by atoms with Crippen LogP contribution in [0.3, 0.4) is 0 Å². The maximum atomic E-state index is 11.8. The first-order valence-corrected chi connectivity index (χ1v) is 6.79. The van der Waals surface area contributed by atoms with Crippen molar-refractivity contribution in [1.29, 1.82) is 0 Å². The molecule has 0 aromatic heterocycles. The number of rotatable bonds is 4. The molecule has 2 fully saturated rings. The number of likely N-dealkylation sites (N-methyl/N-ethyl adjacent to an activating group) is 1. The van der Waals surface area contributed by atoms with Crippen LogP contribution < -0.4 is 0 Å². The van der Waals surface area contributed by atoms with Crippen LogP contribution in [0.25, 0.3) is 0 Å². The summed E-state index contributed by atoms with van der Waals surface area (Å²) >= 11 is 0. The van der Waals surface area contributed by atoms with E-state index in [1.54, 1.807) is 4.90 Å². The van der Waals surface area contributed by atoms with Crippen molar-refractivity contribution in [3.05, 3.63) is 0 Å². The minimum Gasteiger partial charge on any atom is -0.481 e. The third-order valence-electron chi connectivity index (χ3n) is 4.18. The number of amides is 1. The van der Waals surface area contributed by atoms with Gasteiger partial charge in [0.2, 0.25) is 5.91 Å². The van der Waals surface area contributed by atoms with Gasteiger partial charge >= 0.3 is 5.97 Å². The molecule has 0 bridgehead atoms. The summed E-state index contributed by atoms with van der Waals surface area (Å²) in [7, 11) is 1.81. The largest absolute Gasteiger partial charge is 0.481 e. The van der Waals surface area contributed by atoms with E-state index in [1.807, 2.05) is 7.05 Å². The SMILES string of the molecule is CN1CC(CCC(=O)O)N(C2CCCC2)CC1=O. The molecule has 18 heavy (non-hydrogen) atoms. The summed E-state index contributed by atoms with van der Waals surface area (Å²) in [6.45, 7) is 1.13. The van der Waals surface area contributed by atoms with Gasteiger partial charge in [0.05, 0.1) is 6.54 Å². The summed E-state index contributed by atoms with van der Waals surface area (Å²) in [4.78, 5) is 26.5. The first kappa shape index (κ1) is 13.3. The number of carboxylic acids is 1. The molecular weight excluding hydrogens is 232 g/mol. The molecule has 0 radical (unpaired) electrons. The Balaban J connectivity index is 2.00. The number of carboxylic acid groups (broad SMARTS) is 1. The summed E-state index contributed by atoms with van der Waals surface area (Å²) in [5.74, 6) is -0.589. The third kappa shape index (κ3) is 3.02. The maximum Gasteiger partial charge on any atom is 0.303 e. The van der Waals surface area contributed by atoms with E-state index in [9.17, 15) is 9.59 Å². The Morgan fingerprint density at radius 1 is 1.39 bits per heavy atom. The van der Waals surface area contributed by atoms with Gasteiger partial charge in [-0.25, -0.2) is 0 Å². The zero-order valence-corrected chi connectivity index (χ0v) is 11.0. The number of hydrogen-bond acceptors (Lipinski definition) is 3. The highest BCUT2D eigenvalue weighted by atomic mass is 16.4. The molecule has 1 saturated carbocycles. The lowest BCUT2D eigenvalue weighted by molar-refractivity contribution is -0.140. The average molecular weight is 254 g/mol. The van der Waals surface area contributed by atoms with Crippen LogP contribution in [-0.2, 0) is 9.59 Å². The molecule has 2 aliphatic rings. The van der Waals surface area contributed by atoms with Gasteiger partial charge in [-0.1, -0.05) is 12.8 Å². The van der Waals surface area contributed by atoms with Crippen molar-refractivity contribution < 1.29 is 14.7 Å². The Hall–Kier alpha value is -1.10. The van der Waals surface area contributed by atoms with E-state index in [1.165, 1.54) is 12.8 Å². The summed E-state index contributed by atoms with van der Waals surface area (Å²) in [6, 6.07) is 0.702. The zero-order valence-electron chi connectivity index (χ0n) is 11.0. The zero-order chi connectivity index (χ0) is 13.1. The molecular formula is C13H22N2O3. The average Bonchev–Trinajstić information content (AvgIpc) is 2.83. The second-order valence-corrected chi connectivity index (χ2v) is 5.47. The summed E-state index contributed by atoms with van der Waals surface area (Å²) in [5.41, 5.74) is 0. The molecule has 1 N–H and O–H groups in total. The molecule has 0 spiro atoms. The lowest BCUT2D eigenvalue weighted by Gasteiger charge is -2.42. The van der Waals surface area contributed by atoms with Gasteiger partial charge in [-0.05, 0) is 19.3 Å². The summed E-state index contributed by atoms with van der Waals surface area (Å²) in [6.07, 6.45) is 5.61. The Morgan fingerprint density at radius 3 is 2.67 bits per heavy atom. The highest BCUT2D eigenvalue weighted by molar-refractivity contribution is 5.79. The number of nitrogens with zero attached hydrogens (tertiary/aromatic N) is 2. The first-order valence-electron chi connectivity index (χ1n) is 6.79. The number of piperazine rings is 1. The van der Waals surface area contributed by atoms with Gasteiger partial charge in [-0.3, -0.25) is 14.5 Å². The highest BCUT2D eigenvalue weighted by Gasteiger charge is 2.35. The van der Waals surface area contributed by atoms with Crippen LogP contribution in [0.2, 0.25) is 0 Å². The van der Waals surface area contributed by atoms with Crippen LogP contribution in [0.4, 0.5) is 0 Å². The molecule has 5 heteroatoms. The second-order valence-electron chi connectivity index (χ2n) is 5.47. The molecule has 0 aromatic rings. The van der Waals surface area contributed by atoms with E-state index in [0.717, 1.165) is 12.8 Å². The van der Waals surface area contributed by atoms with Crippen LogP contribution in [0.5, 0.6) is 0 Å². The number of aliphatic carboxylic acids is 1. The Bertz CT molecular complexity index is 326. The predicted molar refractivity (Wildman–Crippen MR) is 67.3 cm³/mol. The van der Waals surface area contributed by atoms with Crippen molar-refractivity contribution in [3.8, 4) is 0 Å². The highest BCUT2D eigenvalue weighted by Crippen LogP contribution is 2.28. The number of hydrogen-bond donors (Lipinski definition) is 1. The molecule has 1 saturated heterocycles. The van der Waals surface area contributed by atoms with Crippen molar-refractivity contribution >= 4 is 11.9 Å². The van der Waals surface area contributed by atoms with Gasteiger partial charge < -0.3 is 10.0 Å². The Labute approximate surface area is 108 Å². The Morgan fingerprint density at radius 2 is 2.06 bits per heavy atom. The van der Waals surface area contributed by atoms with Crippen LogP contribution in [-0.4, -0.2) is 59.0 Å². The molecule has 1 atom stereocenters. The minimum absolute atomic E-state index is 0.161. The molecule has 1 amide bonds. The second kappa shape index (κ2) is 5.69. The van der Waals surface area contributed by atoms with E-state index < -0.39 is 5.97 Å². The molecule has 1 heterocycles. The summed E-state index contributed by atoms with van der Waals surface area (Å²) in [5, 5.41) is 8.81. The van der Waals surface area contributed by atoms with Gasteiger partial charge in [-0.15, -0.1) is 0 Å². The van der Waals surface area contributed by atoms with Crippen molar-refractivity contribution in [2.45, 2.75) is 50.6 Å². The smallest absolute Gasteiger partial charge is 0.303 e. The van der Waals surface area contributed by atoms with Crippen molar-refractivity contribution in [1.82, 2.24) is 9.80 Å². The molecule has 5 nitrogen and oxygen atoms in total.